The fourth-order valence-electron chi connectivity index (χ4n) is 6.05. The van der Waals surface area contributed by atoms with E-state index in [1.54, 1.807) is 35.2 Å². The number of imide groups is 1. The maximum absolute atomic E-state index is 14.3. The van der Waals surface area contributed by atoms with Gasteiger partial charge in [-0.3, -0.25) is 14.5 Å². The van der Waals surface area contributed by atoms with Crippen LogP contribution in [-0.4, -0.2) is 33.8 Å². The lowest BCUT2D eigenvalue weighted by Gasteiger charge is -2.36. The van der Waals surface area contributed by atoms with Crippen LogP contribution in [0.2, 0.25) is 5.02 Å². The Morgan fingerprint density at radius 3 is 2.49 bits per heavy atom. The number of carbonyl (C=O) groups excluding carboxylic acids is 3. The minimum atomic E-state index is -0.737. The molecule has 2 aliphatic rings. The number of amides is 4. The molecule has 2 N–H and O–H groups in total. The van der Waals surface area contributed by atoms with Crippen molar-refractivity contribution in [1.82, 2.24) is 15.2 Å². The molecule has 2 unspecified atom stereocenters. The monoisotopic (exact) mass is 560 g/mol. The highest BCUT2D eigenvalue weighted by Crippen LogP contribution is 2.45. The van der Waals surface area contributed by atoms with Crippen LogP contribution in [0.4, 0.5) is 10.5 Å². The van der Waals surface area contributed by atoms with Crippen LogP contribution < -0.4 is 10.2 Å². The number of benzene rings is 4. The summed E-state index contributed by atoms with van der Waals surface area (Å²) in [5.41, 5.74) is 5.08. The predicted octanol–water partition coefficient (Wildman–Crippen LogP) is 6.23. The molecule has 2 atom stereocenters. The van der Waals surface area contributed by atoms with E-state index in [2.05, 4.69) is 10.3 Å². The van der Waals surface area contributed by atoms with Crippen molar-refractivity contribution in [2.45, 2.75) is 25.0 Å². The normalized spacial score (nSPS) is 18.0. The van der Waals surface area contributed by atoms with Crippen LogP contribution in [-0.2, 0) is 17.8 Å². The van der Waals surface area contributed by atoms with Crippen LogP contribution in [0.15, 0.2) is 103 Å². The third kappa shape index (κ3) is 4.17. The van der Waals surface area contributed by atoms with Crippen LogP contribution in [0.5, 0.6) is 0 Å². The highest BCUT2D eigenvalue weighted by atomic mass is 35.5. The van der Waals surface area contributed by atoms with Gasteiger partial charge in [0.05, 0.1) is 11.3 Å². The number of aromatic amines is 1. The summed E-state index contributed by atoms with van der Waals surface area (Å²) >= 11 is 6.40. The standard InChI is InChI=1S/C33H25ClN4O3/c34-22-12-8-11-21(17-22)30-29-25(23-13-4-6-15-26(23)36-29)18-28-32(40)38(33(41)37(28)30)27-16-7-5-14-24(27)31(39)35-19-20-9-2-1-3-10-20/h1-17,28,30,36H,18-19H2,(H,35,39). The summed E-state index contributed by atoms with van der Waals surface area (Å²) in [5, 5.41) is 4.48. The molecule has 1 fully saturated rings. The lowest BCUT2D eigenvalue weighted by Crippen LogP contribution is -2.44. The second-order valence-electron chi connectivity index (χ2n) is 10.3. The van der Waals surface area contributed by atoms with Crippen molar-refractivity contribution in [3.05, 3.63) is 136 Å². The summed E-state index contributed by atoms with van der Waals surface area (Å²) < 4.78 is 0. The minimum Gasteiger partial charge on any atom is -0.356 e. The Morgan fingerprint density at radius 1 is 0.902 bits per heavy atom. The summed E-state index contributed by atoms with van der Waals surface area (Å²) in [5.74, 6) is -0.723. The molecule has 7 rings (SSSR count). The maximum Gasteiger partial charge on any atom is 0.332 e. The molecule has 1 saturated heterocycles. The maximum atomic E-state index is 14.3. The number of H-pyrrole nitrogens is 1. The molecule has 0 saturated carbocycles. The second kappa shape index (κ2) is 9.94. The molecular formula is C33H25ClN4O3. The number of hydrogen-bond donors (Lipinski definition) is 2. The summed E-state index contributed by atoms with van der Waals surface area (Å²) in [7, 11) is 0. The van der Waals surface area contributed by atoms with E-state index in [1.165, 1.54) is 0 Å². The van der Waals surface area contributed by atoms with Crippen molar-refractivity contribution in [1.29, 1.82) is 0 Å². The molecule has 4 aromatic carbocycles. The molecule has 202 valence electrons. The fourth-order valence-corrected chi connectivity index (χ4v) is 6.25. The van der Waals surface area contributed by atoms with E-state index in [0.29, 0.717) is 18.0 Å². The van der Waals surface area contributed by atoms with E-state index < -0.39 is 18.1 Å². The third-order valence-electron chi connectivity index (χ3n) is 7.90. The molecule has 0 spiro atoms. The van der Waals surface area contributed by atoms with Crippen LogP contribution in [0.25, 0.3) is 10.9 Å². The van der Waals surface area contributed by atoms with E-state index in [1.807, 2.05) is 72.8 Å². The first kappa shape index (κ1) is 25.1. The Kier molecular flexibility index (Phi) is 6.09. The van der Waals surface area contributed by atoms with E-state index >= 15 is 0 Å². The van der Waals surface area contributed by atoms with Gasteiger partial charge in [0.2, 0.25) is 0 Å². The fraction of sp³-hybridized carbons (Fsp3) is 0.121. The Balaban J connectivity index is 1.29. The number of hydrogen-bond acceptors (Lipinski definition) is 3. The number of carbonyl (C=O) groups is 3. The van der Waals surface area contributed by atoms with E-state index in [4.69, 9.17) is 11.6 Å². The Morgan fingerprint density at radius 2 is 1.66 bits per heavy atom. The largest absolute Gasteiger partial charge is 0.356 e. The van der Waals surface area contributed by atoms with Crippen molar-refractivity contribution in [3.63, 3.8) is 0 Å². The topological polar surface area (TPSA) is 85.5 Å². The number of halogens is 1. The van der Waals surface area contributed by atoms with Gasteiger partial charge in [-0.25, -0.2) is 9.69 Å². The average molecular weight is 561 g/mol. The van der Waals surface area contributed by atoms with Gasteiger partial charge < -0.3 is 10.3 Å². The van der Waals surface area contributed by atoms with Crippen LogP contribution >= 0.6 is 11.6 Å². The zero-order valence-electron chi connectivity index (χ0n) is 21.9. The highest BCUT2D eigenvalue weighted by Gasteiger charge is 2.53. The molecule has 5 aromatic rings. The lowest BCUT2D eigenvalue weighted by atomic mass is 9.89. The summed E-state index contributed by atoms with van der Waals surface area (Å²) in [6.07, 6.45) is 0.361. The molecule has 0 radical (unpaired) electrons. The number of aromatic nitrogens is 1. The van der Waals surface area contributed by atoms with Gasteiger partial charge in [-0.1, -0.05) is 84.4 Å². The molecule has 4 amide bonds. The lowest BCUT2D eigenvalue weighted by molar-refractivity contribution is -0.120. The molecule has 3 heterocycles. The van der Waals surface area contributed by atoms with Gasteiger partial charge in [-0.15, -0.1) is 0 Å². The van der Waals surface area contributed by atoms with Crippen molar-refractivity contribution in [2.75, 3.05) is 4.90 Å². The third-order valence-corrected chi connectivity index (χ3v) is 8.13. The first-order valence-electron chi connectivity index (χ1n) is 13.4. The van der Waals surface area contributed by atoms with Gasteiger partial charge >= 0.3 is 6.03 Å². The van der Waals surface area contributed by atoms with E-state index in [0.717, 1.165) is 38.2 Å². The molecule has 41 heavy (non-hydrogen) atoms. The quantitative estimate of drug-likeness (QED) is 0.250. The average Bonchev–Trinajstić information content (AvgIpc) is 3.49. The van der Waals surface area contributed by atoms with Gasteiger partial charge in [0.1, 0.15) is 12.1 Å². The molecule has 2 aliphatic heterocycles. The van der Waals surface area contributed by atoms with Gasteiger partial charge in [0.25, 0.3) is 11.8 Å². The Labute approximate surface area is 241 Å². The van der Waals surface area contributed by atoms with Gasteiger partial charge in [0, 0.05) is 34.6 Å². The van der Waals surface area contributed by atoms with Gasteiger partial charge in [-0.05, 0) is 47.0 Å². The number of urea groups is 1. The van der Waals surface area contributed by atoms with E-state index in [-0.39, 0.29) is 23.1 Å². The van der Waals surface area contributed by atoms with Crippen LogP contribution in [0.3, 0.4) is 0 Å². The van der Waals surface area contributed by atoms with Crippen molar-refractivity contribution in [3.8, 4) is 0 Å². The number of nitrogens with zero attached hydrogens (tertiary/aromatic N) is 2. The van der Waals surface area contributed by atoms with Gasteiger partial charge in [0.15, 0.2) is 0 Å². The summed E-state index contributed by atoms with van der Waals surface area (Å²) in [6.45, 7) is 0.323. The number of nitrogens with one attached hydrogen (secondary N) is 2. The van der Waals surface area contributed by atoms with Crippen LogP contribution in [0.1, 0.15) is 38.8 Å². The number of para-hydroxylation sites is 2. The SMILES string of the molecule is O=C(NCc1ccccc1)c1ccccc1N1C(=O)C2Cc3c([nH]c4ccccc34)C(c3cccc(Cl)c3)N2C1=O. The second-order valence-corrected chi connectivity index (χ2v) is 10.7. The van der Waals surface area contributed by atoms with Crippen LogP contribution in [0, 0.1) is 0 Å². The highest BCUT2D eigenvalue weighted by molar-refractivity contribution is 6.30. The zero-order chi connectivity index (χ0) is 28.1. The number of rotatable bonds is 5. The van der Waals surface area contributed by atoms with Crippen molar-refractivity contribution < 1.29 is 14.4 Å². The molecule has 8 heteroatoms. The predicted molar refractivity (Wildman–Crippen MR) is 158 cm³/mol. The molecule has 0 aliphatic carbocycles. The van der Waals surface area contributed by atoms with Crippen molar-refractivity contribution >= 4 is 46.0 Å². The zero-order valence-corrected chi connectivity index (χ0v) is 22.6. The van der Waals surface area contributed by atoms with Crippen molar-refractivity contribution in [2.24, 2.45) is 0 Å². The first-order valence-corrected chi connectivity index (χ1v) is 13.8. The smallest absolute Gasteiger partial charge is 0.332 e. The van der Waals surface area contributed by atoms with E-state index in [9.17, 15) is 14.4 Å². The molecule has 0 bridgehead atoms. The number of fused-ring (bicyclic) bond motifs is 4. The van der Waals surface area contributed by atoms with Gasteiger partial charge in [-0.2, -0.15) is 0 Å². The Bertz CT molecular complexity index is 1830. The Hall–Kier alpha value is -4.88. The number of anilines is 1. The first-order chi connectivity index (χ1) is 20.0. The summed E-state index contributed by atoms with van der Waals surface area (Å²) in [4.78, 5) is 48.0. The molecule has 1 aromatic heterocycles. The molecular weight excluding hydrogens is 536 g/mol. The molecule has 7 nitrogen and oxygen atoms in total. The minimum absolute atomic E-state index is 0.258. The summed E-state index contributed by atoms with van der Waals surface area (Å²) in [6, 6.07) is 29.9.